The number of rotatable bonds is 5. The molecule has 0 saturated heterocycles. The van der Waals surface area contributed by atoms with Crippen LogP contribution in [0.3, 0.4) is 0 Å². The molecule has 0 aromatic heterocycles. The maximum atomic E-state index is 12.2. The van der Waals surface area contributed by atoms with Gasteiger partial charge in [-0.05, 0) is 42.3 Å². The summed E-state index contributed by atoms with van der Waals surface area (Å²) in [6, 6.07) is 11.8. The molecule has 0 radical (unpaired) electrons. The third kappa shape index (κ3) is 4.61. The normalized spacial score (nSPS) is 14.4. The Kier molecular flexibility index (Phi) is 5.74. The van der Waals surface area contributed by atoms with Crippen molar-refractivity contribution < 1.29 is 13.2 Å². The summed E-state index contributed by atoms with van der Waals surface area (Å²) in [6.45, 7) is 0.393. The van der Waals surface area contributed by atoms with Crippen LogP contribution in [0.25, 0.3) is 0 Å². The summed E-state index contributed by atoms with van der Waals surface area (Å²) >= 11 is 11.9. The molecule has 1 amide bonds. The molecule has 0 aliphatic carbocycles. The Morgan fingerprint density at radius 2 is 1.81 bits per heavy atom. The zero-order valence-electron chi connectivity index (χ0n) is 14.4. The van der Waals surface area contributed by atoms with E-state index in [1.54, 1.807) is 43.4 Å². The average Bonchev–Trinajstić information content (AvgIpc) is 2.86. The van der Waals surface area contributed by atoms with Gasteiger partial charge in [0.15, 0.2) is 5.84 Å². The van der Waals surface area contributed by atoms with E-state index in [4.69, 9.17) is 23.2 Å². The summed E-state index contributed by atoms with van der Waals surface area (Å²) in [6.07, 6.45) is 0.577. The fourth-order valence-electron chi connectivity index (χ4n) is 2.81. The van der Waals surface area contributed by atoms with Gasteiger partial charge in [0, 0.05) is 29.2 Å². The minimum absolute atomic E-state index is 0.0149. The Labute approximate surface area is 167 Å². The Hall–Kier alpha value is -2.09. The summed E-state index contributed by atoms with van der Waals surface area (Å²) in [7, 11) is -2.08. The standard InChI is InChI=1S/C18H17Cl2N3O3S/c1-23(18-15-4-2-3-5-16(15)27(25,26)22-18)11-17(24)21-7-6-12-8-13(19)10-14(20)9-12/h2-5,8-10H,6-7,11H2,1H3,(H,21,24). The number of fused-ring (bicyclic) bond motifs is 1. The molecule has 0 bridgehead atoms. The van der Waals surface area contributed by atoms with Crippen LogP contribution in [0.2, 0.25) is 10.0 Å². The second-order valence-electron chi connectivity index (χ2n) is 6.12. The molecule has 0 spiro atoms. The highest BCUT2D eigenvalue weighted by molar-refractivity contribution is 7.90. The summed E-state index contributed by atoms with van der Waals surface area (Å²) in [5.41, 5.74) is 1.42. The highest BCUT2D eigenvalue weighted by atomic mass is 35.5. The Bertz CT molecular complexity index is 1000. The zero-order chi connectivity index (χ0) is 19.6. The van der Waals surface area contributed by atoms with E-state index < -0.39 is 10.0 Å². The van der Waals surface area contributed by atoms with E-state index in [-0.39, 0.29) is 23.2 Å². The quantitative estimate of drug-likeness (QED) is 0.798. The van der Waals surface area contributed by atoms with Gasteiger partial charge in [-0.25, -0.2) is 0 Å². The van der Waals surface area contributed by atoms with Crippen molar-refractivity contribution in [2.75, 3.05) is 20.1 Å². The van der Waals surface area contributed by atoms with Crippen molar-refractivity contribution in [3.63, 3.8) is 0 Å². The predicted molar refractivity (Wildman–Crippen MR) is 106 cm³/mol. The van der Waals surface area contributed by atoms with E-state index in [2.05, 4.69) is 9.71 Å². The fourth-order valence-corrected chi connectivity index (χ4v) is 4.63. The summed E-state index contributed by atoms with van der Waals surface area (Å²) in [5.74, 6) is 0.0254. The van der Waals surface area contributed by atoms with E-state index >= 15 is 0 Å². The second kappa shape index (κ2) is 7.88. The highest BCUT2D eigenvalue weighted by Crippen LogP contribution is 2.26. The van der Waals surface area contributed by atoms with Crippen LogP contribution in [0.5, 0.6) is 0 Å². The molecule has 1 aliphatic heterocycles. The molecule has 1 aliphatic rings. The van der Waals surface area contributed by atoms with E-state index in [9.17, 15) is 13.2 Å². The topological polar surface area (TPSA) is 78.8 Å². The predicted octanol–water partition coefficient (Wildman–Crippen LogP) is 2.73. The van der Waals surface area contributed by atoms with Gasteiger partial charge in [-0.15, -0.1) is 4.40 Å². The largest absolute Gasteiger partial charge is 0.354 e. The molecule has 0 saturated carbocycles. The molecule has 1 N–H and O–H groups in total. The van der Waals surface area contributed by atoms with Crippen molar-refractivity contribution in [2.24, 2.45) is 4.40 Å². The number of amidine groups is 1. The molecule has 2 aromatic carbocycles. The number of likely N-dealkylation sites (N-methyl/N-ethyl adjacent to an activating group) is 1. The molecule has 2 aromatic rings. The van der Waals surface area contributed by atoms with Crippen LogP contribution in [0.15, 0.2) is 51.8 Å². The van der Waals surface area contributed by atoms with Crippen molar-refractivity contribution in [3.8, 4) is 0 Å². The SMILES string of the molecule is CN(CC(=O)NCCc1cc(Cl)cc(Cl)c1)C1=NS(=O)(=O)c2ccccc21. The molecule has 0 atom stereocenters. The lowest BCUT2D eigenvalue weighted by atomic mass is 10.1. The van der Waals surface area contributed by atoms with Crippen molar-refractivity contribution in [2.45, 2.75) is 11.3 Å². The maximum Gasteiger partial charge on any atom is 0.285 e. The zero-order valence-corrected chi connectivity index (χ0v) is 16.8. The molecular formula is C18H17Cl2N3O3S. The van der Waals surface area contributed by atoms with Crippen molar-refractivity contribution in [3.05, 3.63) is 63.6 Å². The lowest BCUT2D eigenvalue weighted by Crippen LogP contribution is -2.39. The Balaban J connectivity index is 1.58. The number of hydrogen-bond acceptors (Lipinski definition) is 4. The minimum atomic E-state index is -3.71. The van der Waals surface area contributed by atoms with Gasteiger partial charge < -0.3 is 10.2 Å². The van der Waals surface area contributed by atoms with Crippen LogP contribution in [-0.2, 0) is 21.2 Å². The number of carbonyl (C=O) groups is 1. The van der Waals surface area contributed by atoms with Crippen molar-refractivity contribution >= 4 is 45.0 Å². The molecule has 27 heavy (non-hydrogen) atoms. The lowest BCUT2D eigenvalue weighted by molar-refractivity contribution is -0.121. The van der Waals surface area contributed by atoms with E-state index in [0.717, 1.165) is 5.56 Å². The number of benzene rings is 2. The number of halogens is 2. The van der Waals surface area contributed by atoms with Gasteiger partial charge in [-0.2, -0.15) is 8.42 Å². The van der Waals surface area contributed by atoms with Gasteiger partial charge >= 0.3 is 0 Å². The first-order valence-electron chi connectivity index (χ1n) is 8.13. The van der Waals surface area contributed by atoms with Gasteiger partial charge in [0.1, 0.15) is 4.90 Å². The lowest BCUT2D eigenvalue weighted by Gasteiger charge is -2.18. The molecule has 0 unspecified atom stereocenters. The van der Waals surface area contributed by atoms with Crippen LogP contribution >= 0.6 is 23.2 Å². The van der Waals surface area contributed by atoms with E-state index in [1.807, 2.05) is 0 Å². The van der Waals surface area contributed by atoms with Gasteiger partial charge in [-0.1, -0.05) is 35.3 Å². The summed E-state index contributed by atoms with van der Waals surface area (Å²) in [5, 5.41) is 3.89. The van der Waals surface area contributed by atoms with E-state index in [1.165, 1.54) is 11.0 Å². The number of amides is 1. The number of sulfonamides is 1. The van der Waals surface area contributed by atoms with Crippen LogP contribution in [0.4, 0.5) is 0 Å². The fraction of sp³-hybridized carbons (Fsp3) is 0.222. The first kappa shape index (κ1) is 19.7. The summed E-state index contributed by atoms with van der Waals surface area (Å²) in [4.78, 5) is 13.9. The van der Waals surface area contributed by atoms with Crippen LogP contribution < -0.4 is 5.32 Å². The number of nitrogens with zero attached hydrogens (tertiary/aromatic N) is 2. The maximum absolute atomic E-state index is 12.2. The highest BCUT2D eigenvalue weighted by Gasteiger charge is 2.30. The number of hydrogen-bond donors (Lipinski definition) is 1. The van der Waals surface area contributed by atoms with E-state index in [0.29, 0.717) is 28.6 Å². The van der Waals surface area contributed by atoms with Crippen LogP contribution in [0, 0.1) is 0 Å². The molecule has 6 nitrogen and oxygen atoms in total. The van der Waals surface area contributed by atoms with Crippen LogP contribution in [0.1, 0.15) is 11.1 Å². The molecular weight excluding hydrogens is 409 g/mol. The molecule has 142 valence electrons. The summed E-state index contributed by atoms with van der Waals surface area (Å²) < 4.78 is 28.0. The van der Waals surface area contributed by atoms with Gasteiger partial charge in [0.25, 0.3) is 10.0 Å². The number of carbonyl (C=O) groups excluding carboxylic acids is 1. The molecule has 9 heteroatoms. The minimum Gasteiger partial charge on any atom is -0.354 e. The van der Waals surface area contributed by atoms with Gasteiger partial charge in [-0.3, -0.25) is 4.79 Å². The monoisotopic (exact) mass is 425 g/mol. The average molecular weight is 426 g/mol. The number of nitrogens with one attached hydrogen (secondary N) is 1. The first-order chi connectivity index (χ1) is 12.8. The second-order valence-corrected chi connectivity index (χ2v) is 8.57. The first-order valence-corrected chi connectivity index (χ1v) is 10.3. The molecule has 1 heterocycles. The van der Waals surface area contributed by atoms with Gasteiger partial charge in [0.2, 0.25) is 5.91 Å². The Morgan fingerprint density at radius 1 is 1.15 bits per heavy atom. The smallest absolute Gasteiger partial charge is 0.285 e. The third-order valence-corrected chi connectivity index (χ3v) is 5.77. The molecule has 0 fully saturated rings. The van der Waals surface area contributed by atoms with Crippen molar-refractivity contribution in [1.82, 2.24) is 10.2 Å². The molecule has 3 rings (SSSR count). The third-order valence-electron chi connectivity index (χ3n) is 4.01. The Morgan fingerprint density at radius 3 is 2.52 bits per heavy atom. The van der Waals surface area contributed by atoms with Crippen molar-refractivity contribution in [1.29, 1.82) is 0 Å². The van der Waals surface area contributed by atoms with Gasteiger partial charge in [0.05, 0.1) is 6.54 Å². The van der Waals surface area contributed by atoms with Crippen LogP contribution in [-0.4, -0.2) is 45.2 Å².